The van der Waals surface area contributed by atoms with Gasteiger partial charge in [0.15, 0.2) is 5.16 Å². The first-order chi connectivity index (χ1) is 13.2. The van der Waals surface area contributed by atoms with Crippen LogP contribution in [0.2, 0.25) is 0 Å². The van der Waals surface area contributed by atoms with E-state index in [2.05, 4.69) is 14.9 Å². The Morgan fingerprint density at radius 2 is 1.93 bits per heavy atom. The number of benzene rings is 2. The number of hydrogen-bond acceptors (Lipinski definition) is 5. The maximum absolute atomic E-state index is 12.2. The van der Waals surface area contributed by atoms with Gasteiger partial charge in [0.25, 0.3) is 0 Å². The van der Waals surface area contributed by atoms with Gasteiger partial charge in [-0.15, -0.1) is 0 Å². The first-order valence-electron chi connectivity index (χ1n) is 8.68. The fraction of sp³-hybridized carbons (Fsp3) is 0.300. The molecule has 1 N–H and O–H groups in total. The van der Waals surface area contributed by atoms with E-state index in [9.17, 15) is 4.79 Å². The molecule has 0 atom stereocenters. The maximum atomic E-state index is 12.2. The van der Waals surface area contributed by atoms with E-state index < -0.39 is 0 Å². The number of fused-ring (bicyclic) bond motifs is 1. The van der Waals surface area contributed by atoms with Gasteiger partial charge in [0.2, 0.25) is 5.91 Å². The molecule has 0 spiro atoms. The van der Waals surface area contributed by atoms with Crippen LogP contribution in [0.4, 0.5) is 0 Å². The highest BCUT2D eigenvalue weighted by molar-refractivity contribution is 7.99. The maximum Gasteiger partial charge on any atom is 0.230 e. The summed E-state index contributed by atoms with van der Waals surface area (Å²) in [5.41, 5.74) is 3.01. The number of carbonyl (C=O) groups is 1. The van der Waals surface area contributed by atoms with E-state index >= 15 is 0 Å². The minimum absolute atomic E-state index is 0.0267. The molecule has 0 bridgehead atoms. The van der Waals surface area contributed by atoms with E-state index in [0.717, 1.165) is 27.5 Å². The fourth-order valence-electron chi connectivity index (χ4n) is 2.69. The largest absolute Gasteiger partial charge is 0.497 e. The predicted molar refractivity (Wildman–Crippen MR) is 107 cm³/mol. The van der Waals surface area contributed by atoms with Crippen molar-refractivity contribution in [3.63, 3.8) is 0 Å². The fourth-order valence-corrected chi connectivity index (χ4v) is 3.56. The van der Waals surface area contributed by atoms with Crippen LogP contribution in [0.15, 0.2) is 53.7 Å². The smallest absolute Gasteiger partial charge is 0.230 e. The molecule has 0 saturated heterocycles. The Kier molecular flexibility index (Phi) is 6.73. The molecule has 142 valence electrons. The number of hydrogen-bond donors (Lipinski definition) is 1. The Hall–Kier alpha value is -2.51. The van der Waals surface area contributed by atoms with Crippen molar-refractivity contribution in [3.8, 4) is 5.75 Å². The molecular formula is C20H23N3O3S. The van der Waals surface area contributed by atoms with Crippen molar-refractivity contribution in [1.82, 2.24) is 14.9 Å². The van der Waals surface area contributed by atoms with Crippen molar-refractivity contribution in [2.75, 3.05) is 26.6 Å². The minimum atomic E-state index is -0.0267. The van der Waals surface area contributed by atoms with E-state index in [-0.39, 0.29) is 5.91 Å². The molecule has 0 unspecified atom stereocenters. The molecule has 7 heteroatoms. The number of imidazole rings is 1. The highest BCUT2D eigenvalue weighted by atomic mass is 32.2. The number of ether oxygens (including phenoxy) is 2. The summed E-state index contributed by atoms with van der Waals surface area (Å²) >= 11 is 1.44. The topological polar surface area (TPSA) is 65.4 Å². The third kappa shape index (κ3) is 5.02. The second kappa shape index (κ2) is 9.43. The van der Waals surface area contributed by atoms with Crippen molar-refractivity contribution < 1.29 is 14.3 Å². The van der Waals surface area contributed by atoms with Gasteiger partial charge in [-0.3, -0.25) is 4.79 Å². The average Bonchev–Trinajstić information content (AvgIpc) is 3.07. The molecule has 0 saturated carbocycles. The summed E-state index contributed by atoms with van der Waals surface area (Å²) in [5, 5.41) is 3.77. The van der Waals surface area contributed by atoms with E-state index in [1.165, 1.54) is 11.8 Å². The van der Waals surface area contributed by atoms with E-state index in [1.807, 2.05) is 48.5 Å². The van der Waals surface area contributed by atoms with Crippen LogP contribution in [-0.2, 0) is 22.6 Å². The number of thioether (sulfide) groups is 1. The summed E-state index contributed by atoms with van der Waals surface area (Å²) in [6.07, 6.45) is 0. The Morgan fingerprint density at radius 1 is 1.15 bits per heavy atom. The van der Waals surface area contributed by atoms with Crippen LogP contribution in [0.3, 0.4) is 0 Å². The summed E-state index contributed by atoms with van der Waals surface area (Å²) < 4.78 is 12.4. The SMILES string of the molecule is COCCn1c(SCC(=O)NCc2ccc(OC)cc2)nc2ccccc21. The lowest BCUT2D eigenvalue weighted by Crippen LogP contribution is -2.24. The lowest BCUT2D eigenvalue weighted by Gasteiger charge is -2.09. The molecule has 3 aromatic rings. The summed E-state index contributed by atoms with van der Waals surface area (Å²) in [7, 11) is 3.31. The zero-order chi connectivity index (χ0) is 19.1. The predicted octanol–water partition coefficient (Wildman–Crippen LogP) is 3.10. The highest BCUT2D eigenvalue weighted by Crippen LogP contribution is 2.24. The standard InChI is InChI=1S/C20H23N3O3S/c1-25-12-11-23-18-6-4-3-5-17(18)22-20(23)27-14-19(24)21-13-15-7-9-16(26-2)10-8-15/h3-10H,11-14H2,1-2H3,(H,21,24). The minimum Gasteiger partial charge on any atom is -0.497 e. The number of methoxy groups -OCH3 is 2. The normalized spacial score (nSPS) is 10.9. The van der Waals surface area contributed by atoms with Crippen LogP contribution in [0.25, 0.3) is 11.0 Å². The van der Waals surface area contributed by atoms with Crippen LogP contribution >= 0.6 is 11.8 Å². The first kappa shape index (κ1) is 19.3. The summed E-state index contributed by atoms with van der Waals surface area (Å²) in [6, 6.07) is 15.6. The Labute approximate surface area is 162 Å². The lowest BCUT2D eigenvalue weighted by atomic mass is 10.2. The average molecular weight is 385 g/mol. The van der Waals surface area contributed by atoms with Crippen LogP contribution in [0.5, 0.6) is 5.75 Å². The van der Waals surface area contributed by atoms with E-state index in [1.54, 1.807) is 14.2 Å². The quantitative estimate of drug-likeness (QED) is 0.574. The summed E-state index contributed by atoms with van der Waals surface area (Å²) in [4.78, 5) is 16.9. The monoisotopic (exact) mass is 385 g/mol. The van der Waals surface area contributed by atoms with Gasteiger partial charge in [0, 0.05) is 20.2 Å². The molecule has 0 aliphatic carbocycles. The van der Waals surface area contributed by atoms with Crippen molar-refractivity contribution in [1.29, 1.82) is 0 Å². The van der Waals surface area contributed by atoms with Gasteiger partial charge in [-0.1, -0.05) is 36.0 Å². The number of amides is 1. The van der Waals surface area contributed by atoms with E-state index in [4.69, 9.17) is 9.47 Å². The molecule has 1 amide bonds. The molecule has 3 rings (SSSR count). The van der Waals surface area contributed by atoms with Crippen molar-refractivity contribution >= 4 is 28.7 Å². The molecular weight excluding hydrogens is 362 g/mol. The Balaban J connectivity index is 1.59. The van der Waals surface area contributed by atoms with Gasteiger partial charge >= 0.3 is 0 Å². The van der Waals surface area contributed by atoms with E-state index in [0.29, 0.717) is 25.4 Å². The zero-order valence-corrected chi connectivity index (χ0v) is 16.3. The second-order valence-corrected chi connectivity index (χ2v) is 6.88. The van der Waals surface area contributed by atoms with Crippen LogP contribution in [0, 0.1) is 0 Å². The number of nitrogens with zero attached hydrogens (tertiary/aromatic N) is 2. The molecule has 0 fully saturated rings. The third-order valence-electron chi connectivity index (χ3n) is 4.12. The van der Waals surface area contributed by atoms with Gasteiger partial charge in [-0.2, -0.15) is 0 Å². The molecule has 27 heavy (non-hydrogen) atoms. The molecule has 6 nitrogen and oxygen atoms in total. The third-order valence-corrected chi connectivity index (χ3v) is 5.10. The lowest BCUT2D eigenvalue weighted by molar-refractivity contribution is -0.118. The van der Waals surface area contributed by atoms with Crippen LogP contribution in [-0.4, -0.2) is 42.0 Å². The van der Waals surface area contributed by atoms with Gasteiger partial charge in [0.1, 0.15) is 5.75 Å². The summed E-state index contributed by atoms with van der Waals surface area (Å²) in [5.74, 6) is 1.09. The van der Waals surface area contributed by atoms with Crippen molar-refractivity contribution in [2.24, 2.45) is 0 Å². The van der Waals surface area contributed by atoms with Crippen molar-refractivity contribution in [2.45, 2.75) is 18.2 Å². The molecule has 2 aromatic carbocycles. The Morgan fingerprint density at radius 3 is 2.67 bits per heavy atom. The number of rotatable bonds is 9. The zero-order valence-electron chi connectivity index (χ0n) is 15.5. The Bertz CT molecular complexity index is 893. The summed E-state index contributed by atoms with van der Waals surface area (Å²) in [6.45, 7) is 1.79. The first-order valence-corrected chi connectivity index (χ1v) is 9.66. The molecule has 1 aromatic heterocycles. The number of carbonyl (C=O) groups excluding carboxylic acids is 1. The number of aromatic nitrogens is 2. The van der Waals surface area contributed by atoms with Crippen molar-refractivity contribution in [3.05, 3.63) is 54.1 Å². The van der Waals surface area contributed by atoms with Crippen LogP contribution < -0.4 is 10.1 Å². The molecule has 0 aliphatic rings. The second-order valence-electron chi connectivity index (χ2n) is 5.94. The van der Waals surface area contributed by atoms with Crippen LogP contribution in [0.1, 0.15) is 5.56 Å². The van der Waals surface area contributed by atoms with Gasteiger partial charge < -0.3 is 19.4 Å². The number of para-hydroxylation sites is 2. The number of nitrogens with one attached hydrogen (secondary N) is 1. The molecule has 1 heterocycles. The molecule has 0 aliphatic heterocycles. The molecule has 0 radical (unpaired) electrons. The van der Waals surface area contributed by atoms with Gasteiger partial charge in [-0.05, 0) is 29.8 Å². The highest BCUT2D eigenvalue weighted by Gasteiger charge is 2.12. The van der Waals surface area contributed by atoms with Gasteiger partial charge in [0.05, 0.1) is 30.5 Å². The van der Waals surface area contributed by atoms with Gasteiger partial charge in [-0.25, -0.2) is 4.98 Å².